The summed E-state index contributed by atoms with van der Waals surface area (Å²) in [6.45, 7) is 12.4. The van der Waals surface area contributed by atoms with Gasteiger partial charge in [-0.25, -0.2) is 4.79 Å². The number of carbonyl (C=O) groups excluding carboxylic acids is 5. The number of amides is 1. The Kier molecular flexibility index (Phi) is 17.0. The van der Waals surface area contributed by atoms with Crippen LogP contribution in [-0.2, 0) is 52.4 Å². The van der Waals surface area contributed by atoms with E-state index in [-0.39, 0.29) is 61.2 Å². The van der Waals surface area contributed by atoms with Crippen LogP contribution in [0, 0.1) is 35.5 Å². The first-order valence-corrected chi connectivity index (χ1v) is 24.4. The third kappa shape index (κ3) is 11.2. The molecule has 1 aliphatic carbocycles. The van der Waals surface area contributed by atoms with Gasteiger partial charge in [-0.05, 0) is 95.8 Å². The Hall–Kier alpha value is -2.93. The number of hydrogen-bond acceptors (Lipinski definition) is 15. The molecule has 0 radical (unpaired) electrons. The third-order valence-corrected chi connectivity index (χ3v) is 16.0. The Balaban J connectivity index is 1.28. The number of nitrogens with zero attached hydrogens (tertiary/aromatic N) is 1. The zero-order valence-electron chi connectivity index (χ0n) is 40.5. The molecular formula is C50H77NO15. The number of aliphatic hydroxyl groups excluding tert-OH is 3. The van der Waals surface area contributed by atoms with Crippen LogP contribution in [0.2, 0.25) is 0 Å². The van der Waals surface area contributed by atoms with Gasteiger partial charge in [-0.1, -0.05) is 58.9 Å². The van der Waals surface area contributed by atoms with Gasteiger partial charge in [-0.3, -0.25) is 19.2 Å². The quantitative estimate of drug-likeness (QED) is 0.174. The SMILES string of the molecule is CO[C@@H]1C[C@H](C[C@@H](C)[C@@H]2CC(=O)[C@H](C)C3OC3(C)[C@@H](O)[C@@H](OC)C(=O)[C@H](C)C[C@H](C)/C=C/C=C/C3OC3(C)C(O)C[C@@H]3CC[C@@H](C)[C@@](O)(O3)C(=O)C(=O)N3CCCC[C@H]3C(=O)O2)CC[C@H]1O. The highest BCUT2D eigenvalue weighted by atomic mass is 16.6. The molecule has 6 rings (SSSR count). The van der Waals surface area contributed by atoms with Gasteiger partial charge < -0.3 is 53.7 Å². The number of hydrogen-bond donors (Lipinski definition) is 4. The Morgan fingerprint density at radius 3 is 2.24 bits per heavy atom. The van der Waals surface area contributed by atoms with Crippen molar-refractivity contribution in [2.45, 2.75) is 203 Å². The number of carbonyl (C=O) groups is 5. The first kappa shape index (κ1) is 52.4. The minimum Gasteiger partial charge on any atom is -0.460 e. The van der Waals surface area contributed by atoms with Crippen LogP contribution in [0.5, 0.6) is 0 Å². The molecule has 16 heteroatoms. The zero-order valence-corrected chi connectivity index (χ0v) is 40.5. The Labute approximate surface area is 390 Å². The van der Waals surface area contributed by atoms with Crippen molar-refractivity contribution in [3.8, 4) is 0 Å². The average Bonchev–Trinajstić information content (AvgIpc) is 4.19. The summed E-state index contributed by atoms with van der Waals surface area (Å²) >= 11 is 0. The van der Waals surface area contributed by atoms with E-state index in [1.165, 1.54) is 7.11 Å². The third-order valence-electron chi connectivity index (χ3n) is 16.0. The van der Waals surface area contributed by atoms with Crippen LogP contribution in [0.3, 0.4) is 0 Å². The summed E-state index contributed by atoms with van der Waals surface area (Å²) in [5, 5.41) is 45.4. The van der Waals surface area contributed by atoms with Gasteiger partial charge >= 0.3 is 5.97 Å². The topological polar surface area (TPSA) is 231 Å². The molecule has 372 valence electrons. The van der Waals surface area contributed by atoms with Crippen molar-refractivity contribution in [3.05, 3.63) is 24.3 Å². The molecule has 1 amide bonds. The molecule has 0 spiro atoms. The van der Waals surface area contributed by atoms with Crippen LogP contribution in [-0.4, -0.2) is 153 Å². The van der Waals surface area contributed by atoms with Crippen LogP contribution in [0.25, 0.3) is 0 Å². The molecule has 66 heavy (non-hydrogen) atoms. The fraction of sp³-hybridized carbons (Fsp3) is 0.820. The van der Waals surface area contributed by atoms with Crippen molar-refractivity contribution in [3.63, 3.8) is 0 Å². The fourth-order valence-corrected chi connectivity index (χ4v) is 11.1. The Bertz CT molecular complexity index is 1820. The van der Waals surface area contributed by atoms with Gasteiger partial charge in [0.15, 0.2) is 5.78 Å². The number of cyclic esters (lactones) is 1. The number of allylic oxidation sites excluding steroid dienone is 3. The second kappa shape index (κ2) is 21.4. The monoisotopic (exact) mass is 932 g/mol. The molecule has 5 fully saturated rings. The smallest absolute Gasteiger partial charge is 0.329 e. The van der Waals surface area contributed by atoms with Gasteiger partial charge in [0.05, 0.1) is 30.5 Å². The lowest BCUT2D eigenvalue weighted by Gasteiger charge is -2.42. The molecule has 16 nitrogen and oxygen atoms in total. The molecule has 5 aliphatic heterocycles. The van der Waals surface area contributed by atoms with E-state index in [0.717, 1.165) is 4.90 Å². The molecule has 0 aromatic carbocycles. The number of epoxide rings is 2. The maximum atomic E-state index is 14.4. The van der Waals surface area contributed by atoms with Gasteiger partial charge in [0, 0.05) is 51.4 Å². The number of esters is 1. The van der Waals surface area contributed by atoms with Crippen molar-refractivity contribution in [1.29, 1.82) is 0 Å². The van der Waals surface area contributed by atoms with E-state index >= 15 is 0 Å². The van der Waals surface area contributed by atoms with Crippen molar-refractivity contribution in [2.24, 2.45) is 35.5 Å². The van der Waals surface area contributed by atoms with Crippen LogP contribution in [0.4, 0.5) is 0 Å². The second-order valence-corrected chi connectivity index (χ2v) is 21.0. The molecule has 0 aromatic heterocycles. The first-order chi connectivity index (χ1) is 31.1. The molecule has 19 atom stereocenters. The maximum absolute atomic E-state index is 14.4. The number of fused-ring (bicyclic) bond motifs is 5. The predicted molar refractivity (Wildman–Crippen MR) is 239 cm³/mol. The van der Waals surface area contributed by atoms with Crippen LogP contribution < -0.4 is 0 Å². The minimum atomic E-state index is -2.51. The number of aliphatic hydroxyl groups is 4. The molecule has 6 aliphatic rings. The van der Waals surface area contributed by atoms with Gasteiger partial charge in [-0.15, -0.1) is 0 Å². The van der Waals surface area contributed by atoms with Crippen LogP contribution in [0.15, 0.2) is 24.3 Å². The first-order valence-electron chi connectivity index (χ1n) is 24.4. The highest BCUT2D eigenvalue weighted by molar-refractivity contribution is 6.39. The largest absolute Gasteiger partial charge is 0.460 e. The average molecular weight is 932 g/mol. The summed E-state index contributed by atoms with van der Waals surface area (Å²) in [5.41, 5.74) is -2.24. The maximum Gasteiger partial charge on any atom is 0.329 e. The molecule has 4 saturated heterocycles. The number of piperidine rings is 1. The molecule has 5 unspecified atom stereocenters. The van der Waals surface area contributed by atoms with Crippen molar-refractivity contribution in [2.75, 3.05) is 20.8 Å². The highest BCUT2D eigenvalue weighted by Crippen LogP contribution is 2.47. The summed E-state index contributed by atoms with van der Waals surface area (Å²) < 4.78 is 35.5. The van der Waals surface area contributed by atoms with Gasteiger partial charge in [0.2, 0.25) is 5.79 Å². The summed E-state index contributed by atoms with van der Waals surface area (Å²) in [4.78, 5) is 72.1. The fourth-order valence-electron chi connectivity index (χ4n) is 11.1. The molecule has 1 saturated carbocycles. The van der Waals surface area contributed by atoms with Crippen LogP contribution >= 0.6 is 0 Å². The summed E-state index contributed by atoms with van der Waals surface area (Å²) in [6.07, 6.45) is 4.52. The van der Waals surface area contributed by atoms with E-state index in [9.17, 15) is 44.4 Å². The highest BCUT2D eigenvalue weighted by Gasteiger charge is 2.64. The standard InChI is InChI=1S/C50H77NO15/c1-27-14-10-11-16-40-48(6,65-40)39(54)25-33-19-17-30(4)50(60,64-33)44(57)46(58)51-21-13-12-15-34(51)47(59)63-37(28(2)23-32-18-20-35(52)38(24-32)61-8)26-36(53)31(5)45-49(7,66-45)43(56)42(62-9)41(55)29(3)22-27/h10-11,14,16,27-35,37-40,42-43,45,52,54,56,60H,12-13,15,17-26H2,1-9H3/b14-10+,16-11+/t27-,28-,29-,30-,31+,32+,33+,34+,35-,37+,38-,39?,40?,42+,43+,45?,48?,49?,50-/m1/s1. The second-order valence-electron chi connectivity index (χ2n) is 21.0. The van der Waals surface area contributed by atoms with Gasteiger partial charge in [-0.2, -0.15) is 0 Å². The van der Waals surface area contributed by atoms with Crippen molar-refractivity contribution < 1.29 is 72.8 Å². The summed E-state index contributed by atoms with van der Waals surface area (Å²) in [6, 6.07) is -1.18. The van der Waals surface area contributed by atoms with Gasteiger partial charge in [0.1, 0.15) is 47.4 Å². The van der Waals surface area contributed by atoms with E-state index in [1.807, 2.05) is 38.2 Å². The molecular weight excluding hydrogens is 855 g/mol. The summed E-state index contributed by atoms with van der Waals surface area (Å²) in [7, 11) is 2.92. The predicted octanol–water partition coefficient (Wildman–Crippen LogP) is 3.95. The lowest BCUT2D eigenvalue weighted by molar-refractivity contribution is -0.266. The molecule has 2 bridgehead atoms. The van der Waals surface area contributed by atoms with E-state index in [4.69, 9.17) is 28.4 Å². The van der Waals surface area contributed by atoms with Gasteiger partial charge in [0.25, 0.3) is 11.7 Å². The number of methoxy groups -OCH3 is 2. The number of ketones is 3. The zero-order chi connectivity index (χ0) is 48.5. The number of Topliss-reactive ketones (excluding diaryl/α,β-unsaturated/α-hetero) is 3. The lowest BCUT2D eigenvalue weighted by Crippen LogP contribution is -2.61. The van der Waals surface area contributed by atoms with E-state index in [2.05, 4.69) is 0 Å². The van der Waals surface area contributed by atoms with Crippen molar-refractivity contribution >= 4 is 29.2 Å². The van der Waals surface area contributed by atoms with Crippen molar-refractivity contribution in [1.82, 2.24) is 4.90 Å². The molecule has 0 aromatic rings. The van der Waals surface area contributed by atoms with E-state index in [0.29, 0.717) is 57.8 Å². The van der Waals surface area contributed by atoms with E-state index in [1.54, 1.807) is 41.7 Å². The Morgan fingerprint density at radius 2 is 1.55 bits per heavy atom. The molecule has 5 heterocycles. The number of rotatable bonds is 5. The minimum absolute atomic E-state index is 0.0302. The Morgan fingerprint density at radius 1 is 0.833 bits per heavy atom. The molecule has 4 N–H and O–H groups in total. The number of ether oxygens (including phenoxy) is 6. The lowest BCUT2D eigenvalue weighted by atomic mass is 9.78. The summed E-state index contributed by atoms with van der Waals surface area (Å²) in [5.74, 6) is -8.51. The van der Waals surface area contributed by atoms with E-state index < -0.39 is 107 Å². The van der Waals surface area contributed by atoms with Crippen LogP contribution in [0.1, 0.15) is 126 Å². The normalized spacial score (nSPS) is 46.3.